The Hall–Kier alpha value is 0.0200. The minimum atomic E-state index is 0.593. The number of aliphatic imine (C=N–C) groups is 1. The first-order valence-electron chi connectivity index (χ1n) is 3.48. The first kappa shape index (κ1) is 7.13. The summed E-state index contributed by atoms with van der Waals surface area (Å²) in [6, 6.07) is 0. The first-order valence-corrected chi connectivity index (χ1v) is 4.52. The van der Waals surface area contributed by atoms with Crippen LogP contribution in [0.25, 0.3) is 0 Å². The van der Waals surface area contributed by atoms with Crippen molar-refractivity contribution >= 4 is 17.5 Å². The van der Waals surface area contributed by atoms with Crippen LogP contribution in [0.5, 0.6) is 0 Å². The van der Waals surface area contributed by atoms with Gasteiger partial charge in [-0.2, -0.15) is 0 Å². The molecule has 0 aliphatic carbocycles. The molecule has 1 heterocycles. The quantitative estimate of drug-likeness (QED) is 0.578. The van der Waals surface area contributed by atoms with Crippen molar-refractivity contribution in [3.63, 3.8) is 0 Å². The maximum Gasteiger partial charge on any atom is 0.0954 e. The molecule has 1 atom stereocenters. The highest BCUT2D eigenvalue weighted by atomic mass is 32.2. The molecule has 0 amide bonds. The Kier molecular flexibility index (Phi) is 2.58. The van der Waals surface area contributed by atoms with Gasteiger partial charge in [-0.15, -0.1) is 11.8 Å². The Morgan fingerprint density at radius 2 is 2.56 bits per heavy atom. The van der Waals surface area contributed by atoms with Gasteiger partial charge in [0.2, 0.25) is 0 Å². The second-order valence-corrected chi connectivity index (χ2v) is 3.58. The molecular weight excluding hydrogens is 130 g/mol. The standard InChI is InChI=1S/C7H13NS/c1-3-4-7-8-6(2)5-9-7/h7H,3-5H2,1-2H3. The minimum Gasteiger partial charge on any atom is -0.279 e. The van der Waals surface area contributed by atoms with Crippen molar-refractivity contribution in [2.45, 2.75) is 32.1 Å². The smallest absolute Gasteiger partial charge is 0.0954 e. The number of hydrogen-bond donors (Lipinski definition) is 0. The van der Waals surface area contributed by atoms with Gasteiger partial charge < -0.3 is 0 Å². The Bertz CT molecular complexity index is 120. The lowest BCUT2D eigenvalue weighted by molar-refractivity contribution is 0.772. The summed E-state index contributed by atoms with van der Waals surface area (Å²) in [7, 11) is 0. The molecule has 0 aromatic rings. The van der Waals surface area contributed by atoms with Crippen molar-refractivity contribution in [1.82, 2.24) is 0 Å². The van der Waals surface area contributed by atoms with Gasteiger partial charge in [-0.05, 0) is 13.3 Å². The molecule has 1 aliphatic rings. The molecule has 1 rings (SSSR count). The molecule has 9 heavy (non-hydrogen) atoms. The monoisotopic (exact) mass is 143 g/mol. The topological polar surface area (TPSA) is 12.4 Å². The molecule has 0 radical (unpaired) electrons. The predicted molar refractivity (Wildman–Crippen MR) is 44.3 cm³/mol. The molecule has 1 aliphatic heterocycles. The van der Waals surface area contributed by atoms with E-state index in [0.29, 0.717) is 5.37 Å². The largest absolute Gasteiger partial charge is 0.279 e. The maximum absolute atomic E-state index is 4.46. The van der Waals surface area contributed by atoms with Gasteiger partial charge in [-0.3, -0.25) is 4.99 Å². The highest BCUT2D eigenvalue weighted by molar-refractivity contribution is 8.00. The summed E-state index contributed by atoms with van der Waals surface area (Å²) in [5.41, 5.74) is 1.32. The summed E-state index contributed by atoms with van der Waals surface area (Å²) in [6.07, 6.45) is 2.51. The fourth-order valence-electron chi connectivity index (χ4n) is 0.932. The molecule has 0 aromatic carbocycles. The second kappa shape index (κ2) is 3.25. The summed E-state index contributed by atoms with van der Waals surface area (Å²) in [6.45, 7) is 4.33. The van der Waals surface area contributed by atoms with E-state index in [1.165, 1.54) is 18.6 Å². The van der Waals surface area contributed by atoms with Gasteiger partial charge in [0.15, 0.2) is 0 Å². The van der Waals surface area contributed by atoms with Crippen LogP contribution < -0.4 is 0 Å². The Labute approximate surface area is 60.9 Å². The third kappa shape index (κ3) is 2.01. The normalized spacial score (nSPS) is 26.4. The first-order chi connectivity index (χ1) is 4.33. The van der Waals surface area contributed by atoms with Crippen LogP contribution in [0.15, 0.2) is 4.99 Å². The van der Waals surface area contributed by atoms with E-state index in [4.69, 9.17) is 0 Å². The minimum absolute atomic E-state index is 0.593. The second-order valence-electron chi connectivity index (χ2n) is 2.42. The van der Waals surface area contributed by atoms with Crippen molar-refractivity contribution in [1.29, 1.82) is 0 Å². The van der Waals surface area contributed by atoms with Crippen LogP contribution in [0.3, 0.4) is 0 Å². The van der Waals surface area contributed by atoms with E-state index in [1.54, 1.807) is 0 Å². The van der Waals surface area contributed by atoms with Gasteiger partial charge >= 0.3 is 0 Å². The molecule has 0 aromatic heterocycles. The summed E-state index contributed by atoms with van der Waals surface area (Å²) in [5.74, 6) is 1.16. The molecule has 0 saturated carbocycles. The van der Waals surface area contributed by atoms with Crippen LogP contribution in [-0.4, -0.2) is 16.8 Å². The van der Waals surface area contributed by atoms with E-state index in [0.717, 1.165) is 5.75 Å². The van der Waals surface area contributed by atoms with Gasteiger partial charge in [0.05, 0.1) is 5.37 Å². The summed E-state index contributed by atoms with van der Waals surface area (Å²) in [4.78, 5) is 4.46. The Balaban J connectivity index is 2.29. The summed E-state index contributed by atoms with van der Waals surface area (Å²) < 4.78 is 0. The van der Waals surface area contributed by atoms with Crippen LogP contribution in [0.4, 0.5) is 0 Å². The van der Waals surface area contributed by atoms with Crippen LogP contribution >= 0.6 is 11.8 Å². The average molecular weight is 143 g/mol. The molecule has 1 unspecified atom stereocenters. The molecule has 0 fully saturated rings. The number of hydrogen-bond acceptors (Lipinski definition) is 2. The molecular formula is C7H13NS. The Morgan fingerprint density at radius 3 is 3.00 bits per heavy atom. The molecule has 1 nitrogen and oxygen atoms in total. The third-order valence-electron chi connectivity index (χ3n) is 1.38. The number of nitrogens with zero attached hydrogens (tertiary/aromatic N) is 1. The van der Waals surface area contributed by atoms with Crippen molar-refractivity contribution < 1.29 is 0 Å². The van der Waals surface area contributed by atoms with Gasteiger partial charge in [0.25, 0.3) is 0 Å². The van der Waals surface area contributed by atoms with Crippen molar-refractivity contribution in [2.75, 3.05) is 5.75 Å². The van der Waals surface area contributed by atoms with Gasteiger partial charge in [0, 0.05) is 11.5 Å². The molecule has 0 bridgehead atoms. The molecule has 0 N–H and O–H groups in total. The number of thioether (sulfide) groups is 1. The zero-order chi connectivity index (χ0) is 6.69. The summed E-state index contributed by atoms with van der Waals surface area (Å²) >= 11 is 1.97. The Morgan fingerprint density at radius 1 is 1.78 bits per heavy atom. The van der Waals surface area contributed by atoms with E-state index in [-0.39, 0.29) is 0 Å². The molecule has 0 spiro atoms. The predicted octanol–water partition coefficient (Wildman–Crippen LogP) is 2.32. The van der Waals surface area contributed by atoms with Crippen molar-refractivity contribution in [3.8, 4) is 0 Å². The molecule has 52 valence electrons. The van der Waals surface area contributed by atoms with Crippen LogP contribution in [0, 0.1) is 0 Å². The highest BCUT2D eigenvalue weighted by Gasteiger charge is 2.12. The highest BCUT2D eigenvalue weighted by Crippen LogP contribution is 2.23. The number of rotatable bonds is 2. The fraction of sp³-hybridized carbons (Fsp3) is 0.857. The SMILES string of the molecule is CCCC1N=C(C)CS1. The zero-order valence-corrected chi connectivity index (χ0v) is 6.87. The lowest BCUT2D eigenvalue weighted by Gasteiger charge is -2.00. The third-order valence-corrected chi connectivity index (χ3v) is 2.69. The molecule has 2 heteroatoms. The van der Waals surface area contributed by atoms with E-state index < -0.39 is 0 Å². The van der Waals surface area contributed by atoms with Gasteiger partial charge in [-0.1, -0.05) is 13.3 Å². The van der Waals surface area contributed by atoms with E-state index in [2.05, 4.69) is 18.8 Å². The lowest BCUT2D eigenvalue weighted by atomic mass is 10.3. The zero-order valence-electron chi connectivity index (χ0n) is 6.05. The molecule has 0 saturated heterocycles. The maximum atomic E-state index is 4.46. The van der Waals surface area contributed by atoms with E-state index in [9.17, 15) is 0 Å². The van der Waals surface area contributed by atoms with Gasteiger partial charge in [-0.25, -0.2) is 0 Å². The van der Waals surface area contributed by atoms with E-state index >= 15 is 0 Å². The fourth-order valence-corrected chi connectivity index (χ4v) is 2.10. The lowest BCUT2D eigenvalue weighted by Crippen LogP contribution is -1.91. The van der Waals surface area contributed by atoms with Crippen molar-refractivity contribution in [2.24, 2.45) is 4.99 Å². The van der Waals surface area contributed by atoms with E-state index in [1.807, 2.05) is 11.8 Å². The van der Waals surface area contributed by atoms with Crippen LogP contribution in [0.1, 0.15) is 26.7 Å². The van der Waals surface area contributed by atoms with Crippen LogP contribution in [-0.2, 0) is 0 Å². The van der Waals surface area contributed by atoms with Crippen molar-refractivity contribution in [3.05, 3.63) is 0 Å². The average Bonchev–Trinajstić information content (AvgIpc) is 2.17. The van der Waals surface area contributed by atoms with Gasteiger partial charge in [0.1, 0.15) is 0 Å². The van der Waals surface area contributed by atoms with Crippen LogP contribution in [0.2, 0.25) is 0 Å². The summed E-state index contributed by atoms with van der Waals surface area (Å²) in [5, 5.41) is 0.593.